The number of epoxide rings is 1. The summed E-state index contributed by atoms with van der Waals surface area (Å²) in [6.45, 7) is 7.16. The van der Waals surface area contributed by atoms with Crippen LogP contribution in [0.5, 0.6) is 0 Å². The molecule has 6 atom stereocenters. The molecule has 1 spiro atoms. The van der Waals surface area contributed by atoms with Crippen LogP contribution >= 0.6 is 0 Å². The second kappa shape index (κ2) is 7.43. The van der Waals surface area contributed by atoms with Gasteiger partial charge in [-0.3, -0.25) is 0 Å². The number of methoxy groups -OCH3 is 2. The van der Waals surface area contributed by atoms with Gasteiger partial charge in [0.1, 0.15) is 0 Å². The summed E-state index contributed by atoms with van der Waals surface area (Å²) in [5.74, 6) is 0.628. The zero-order chi connectivity index (χ0) is 16.3. The molecule has 1 saturated heterocycles. The standard InChI is InChI=1S/C18H32O4/c1-12(2)6-7-14(19)10-13(3)16-17(21-5)15(20-4)8-9-18(16)11-22-18/h6,13-17,19H,7-11H2,1-5H3/t13?,14?,15?,16?,17?,18-/m0/s1. The van der Waals surface area contributed by atoms with E-state index in [4.69, 9.17) is 14.2 Å². The van der Waals surface area contributed by atoms with Crippen molar-refractivity contribution in [1.29, 1.82) is 0 Å². The zero-order valence-corrected chi connectivity index (χ0v) is 14.7. The first-order chi connectivity index (χ1) is 10.4. The minimum atomic E-state index is -0.305. The van der Waals surface area contributed by atoms with Crippen LogP contribution < -0.4 is 0 Å². The third kappa shape index (κ3) is 3.91. The molecule has 22 heavy (non-hydrogen) atoms. The van der Waals surface area contributed by atoms with Gasteiger partial charge in [0.2, 0.25) is 0 Å². The van der Waals surface area contributed by atoms with Crippen molar-refractivity contribution in [3.05, 3.63) is 11.6 Å². The molecule has 0 aromatic heterocycles. The first-order valence-electron chi connectivity index (χ1n) is 8.44. The lowest BCUT2D eigenvalue weighted by molar-refractivity contribution is -0.127. The van der Waals surface area contributed by atoms with Crippen LogP contribution in [0.3, 0.4) is 0 Å². The summed E-state index contributed by atoms with van der Waals surface area (Å²) in [4.78, 5) is 0. The maximum atomic E-state index is 10.3. The maximum Gasteiger partial charge on any atom is 0.0973 e. The van der Waals surface area contributed by atoms with E-state index in [2.05, 4.69) is 26.8 Å². The number of rotatable bonds is 7. The van der Waals surface area contributed by atoms with Gasteiger partial charge in [-0.15, -0.1) is 0 Å². The number of hydrogen-bond acceptors (Lipinski definition) is 4. The highest BCUT2D eigenvalue weighted by Gasteiger charge is 2.60. The van der Waals surface area contributed by atoms with Crippen LogP contribution in [0.15, 0.2) is 11.6 Å². The highest BCUT2D eigenvalue weighted by Crippen LogP contribution is 2.51. The Labute approximate surface area is 134 Å². The van der Waals surface area contributed by atoms with Crippen molar-refractivity contribution in [3.8, 4) is 0 Å². The van der Waals surface area contributed by atoms with E-state index in [1.165, 1.54) is 5.57 Å². The molecule has 1 N–H and O–H groups in total. The second-order valence-corrected chi connectivity index (χ2v) is 7.28. The predicted molar refractivity (Wildman–Crippen MR) is 86.8 cm³/mol. The Balaban J connectivity index is 2.04. The Hall–Kier alpha value is -0.420. The molecular weight excluding hydrogens is 280 g/mol. The van der Waals surface area contributed by atoms with Gasteiger partial charge in [0.25, 0.3) is 0 Å². The van der Waals surface area contributed by atoms with Crippen LogP contribution in [-0.4, -0.2) is 49.8 Å². The van der Waals surface area contributed by atoms with E-state index in [1.54, 1.807) is 14.2 Å². The summed E-state index contributed by atoms with van der Waals surface area (Å²) in [5.41, 5.74) is 1.21. The Morgan fingerprint density at radius 1 is 1.36 bits per heavy atom. The quantitative estimate of drug-likeness (QED) is 0.580. The summed E-state index contributed by atoms with van der Waals surface area (Å²) in [5, 5.41) is 10.3. The topological polar surface area (TPSA) is 51.2 Å². The lowest BCUT2D eigenvalue weighted by atomic mass is 9.68. The third-order valence-electron chi connectivity index (χ3n) is 5.33. The monoisotopic (exact) mass is 312 g/mol. The molecule has 1 heterocycles. The van der Waals surface area contributed by atoms with Crippen molar-refractivity contribution >= 4 is 0 Å². The lowest BCUT2D eigenvalue weighted by Gasteiger charge is -2.43. The molecule has 0 aromatic carbocycles. The van der Waals surface area contributed by atoms with Gasteiger partial charge >= 0.3 is 0 Å². The fraction of sp³-hybridized carbons (Fsp3) is 0.889. The highest BCUT2D eigenvalue weighted by atomic mass is 16.6. The van der Waals surface area contributed by atoms with Gasteiger partial charge < -0.3 is 19.3 Å². The van der Waals surface area contributed by atoms with Crippen LogP contribution in [-0.2, 0) is 14.2 Å². The molecule has 0 bridgehead atoms. The number of ether oxygens (including phenoxy) is 3. The molecule has 2 aliphatic rings. The summed E-state index contributed by atoms with van der Waals surface area (Å²) in [6.07, 6.45) is 5.49. The second-order valence-electron chi connectivity index (χ2n) is 7.28. The van der Waals surface area contributed by atoms with Gasteiger partial charge in [0.15, 0.2) is 0 Å². The van der Waals surface area contributed by atoms with Crippen LogP contribution in [0.25, 0.3) is 0 Å². The number of aliphatic hydroxyl groups excluding tert-OH is 1. The van der Waals surface area contributed by atoms with E-state index in [-0.39, 0.29) is 29.8 Å². The fourth-order valence-electron chi connectivity index (χ4n) is 4.11. The van der Waals surface area contributed by atoms with E-state index in [1.807, 2.05) is 0 Å². The SMILES string of the molecule is COC1CC[C@]2(CO2)C(C(C)CC(O)CC=C(C)C)C1OC. The van der Waals surface area contributed by atoms with E-state index >= 15 is 0 Å². The Kier molecular flexibility index (Phi) is 6.06. The molecule has 2 fully saturated rings. The predicted octanol–water partition coefficient (Wildman–Crippen LogP) is 2.94. The van der Waals surface area contributed by atoms with Gasteiger partial charge in [-0.2, -0.15) is 0 Å². The Morgan fingerprint density at radius 3 is 2.55 bits per heavy atom. The molecule has 0 aromatic rings. The largest absolute Gasteiger partial charge is 0.393 e. The third-order valence-corrected chi connectivity index (χ3v) is 5.33. The maximum absolute atomic E-state index is 10.3. The van der Waals surface area contributed by atoms with Crippen molar-refractivity contribution in [2.75, 3.05) is 20.8 Å². The average molecular weight is 312 g/mol. The van der Waals surface area contributed by atoms with E-state index < -0.39 is 0 Å². The molecule has 4 heteroatoms. The molecule has 5 unspecified atom stereocenters. The van der Waals surface area contributed by atoms with Crippen molar-refractivity contribution in [1.82, 2.24) is 0 Å². The Bertz CT molecular complexity index is 385. The molecule has 1 aliphatic carbocycles. The van der Waals surface area contributed by atoms with Crippen molar-refractivity contribution in [3.63, 3.8) is 0 Å². The molecule has 1 aliphatic heterocycles. The van der Waals surface area contributed by atoms with Crippen molar-refractivity contribution in [2.45, 2.75) is 70.4 Å². The molecule has 0 amide bonds. The summed E-state index contributed by atoms with van der Waals surface area (Å²) in [7, 11) is 3.52. The molecule has 0 radical (unpaired) electrons. The van der Waals surface area contributed by atoms with Gasteiger partial charge in [-0.25, -0.2) is 0 Å². The summed E-state index contributed by atoms with van der Waals surface area (Å²) < 4.78 is 17.3. The van der Waals surface area contributed by atoms with E-state index in [0.717, 1.165) is 32.3 Å². The summed E-state index contributed by atoms with van der Waals surface area (Å²) in [6, 6.07) is 0. The van der Waals surface area contributed by atoms with Crippen LogP contribution in [0.4, 0.5) is 0 Å². The normalized spacial score (nSPS) is 36.9. The number of allylic oxidation sites excluding steroid dienone is 1. The molecule has 4 nitrogen and oxygen atoms in total. The molecular formula is C18H32O4. The fourth-order valence-corrected chi connectivity index (χ4v) is 4.11. The van der Waals surface area contributed by atoms with Crippen LogP contribution in [0.1, 0.15) is 46.5 Å². The average Bonchev–Trinajstić information content (AvgIpc) is 3.24. The molecule has 2 rings (SSSR count). The number of hydrogen-bond donors (Lipinski definition) is 1. The van der Waals surface area contributed by atoms with Crippen molar-refractivity contribution in [2.24, 2.45) is 11.8 Å². The van der Waals surface area contributed by atoms with Gasteiger partial charge in [-0.05, 0) is 45.4 Å². The molecule has 128 valence electrons. The lowest BCUT2D eigenvalue weighted by Crippen LogP contribution is -2.52. The highest BCUT2D eigenvalue weighted by molar-refractivity contribution is 5.08. The van der Waals surface area contributed by atoms with E-state index in [0.29, 0.717) is 5.92 Å². The minimum Gasteiger partial charge on any atom is -0.393 e. The Morgan fingerprint density at radius 2 is 2.05 bits per heavy atom. The summed E-state index contributed by atoms with van der Waals surface area (Å²) >= 11 is 0. The van der Waals surface area contributed by atoms with E-state index in [9.17, 15) is 5.11 Å². The van der Waals surface area contributed by atoms with Crippen LogP contribution in [0, 0.1) is 11.8 Å². The smallest absolute Gasteiger partial charge is 0.0973 e. The first kappa shape index (κ1) is 17.9. The minimum absolute atomic E-state index is 0.0364. The van der Waals surface area contributed by atoms with Crippen LogP contribution in [0.2, 0.25) is 0 Å². The van der Waals surface area contributed by atoms with Gasteiger partial charge in [-0.1, -0.05) is 18.6 Å². The van der Waals surface area contributed by atoms with Crippen molar-refractivity contribution < 1.29 is 19.3 Å². The first-order valence-corrected chi connectivity index (χ1v) is 8.44. The zero-order valence-electron chi connectivity index (χ0n) is 14.7. The number of aliphatic hydroxyl groups is 1. The molecule has 1 saturated carbocycles. The van der Waals surface area contributed by atoms with Gasteiger partial charge in [0.05, 0.1) is 30.5 Å². The van der Waals surface area contributed by atoms with Gasteiger partial charge in [0, 0.05) is 20.1 Å².